The lowest BCUT2D eigenvalue weighted by Crippen LogP contribution is -2.19. The van der Waals surface area contributed by atoms with Crippen molar-refractivity contribution in [1.82, 2.24) is 0 Å². The summed E-state index contributed by atoms with van der Waals surface area (Å²) in [7, 11) is 0. The van der Waals surface area contributed by atoms with Crippen LogP contribution in [-0.4, -0.2) is 5.33 Å². The summed E-state index contributed by atoms with van der Waals surface area (Å²) in [5, 5.41) is 1.90. The Morgan fingerprint density at radius 3 is 2.33 bits per heavy atom. The second-order valence-electron chi connectivity index (χ2n) is 4.74. The fourth-order valence-corrected chi connectivity index (χ4v) is 3.09. The van der Waals surface area contributed by atoms with Gasteiger partial charge in [0.2, 0.25) is 0 Å². The molecular weight excluding hydrogens is 272 g/mol. The first-order chi connectivity index (χ1) is 6.88. The van der Waals surface area contributed by atoms with Gasteiger partial charge in [-0.15, -0.1) is 0 Å². The first kappa shape index (κ1) is 13.1. The van der Waals surface area contributed by atoms with E-state index in [0.29, 0.717) is 0 Å². The third kappa shape index (κ3) is 2.98. The molecule has 0 unspecified atom stereocenters. The number of benzene rings is 1. The van der Waals surface area contributed by atoms with E-state index >= 15 is 0 Å². The largest absolute Gasteiger partial charge is 0.0928 e. The molecule has 1 rings (SSSR count). The SMILES string of the molecule is Cc1cc(C(C)(C)CCBr)c(C)cc1Cl. The van der Waals surface area contributed by atoms with Gasteiger partial charge in [-0.25, -0.2) is 0 Å². The second-order valence-corrected chi connectivity index (χ2v) is 5.94. The molecule has 0 aliphatic heterocycles. The van der Waals surface area contributed by atoms with Crippen molar-refractivity contribution in [3.63, 3.8) is 0 Å². The fraction of sp³-hybridized carbons (Fsp3) is 0.538. The molecule has 0 aliphatic carbocycles. The lowest BCUT2D eigenvalue weighted by atomic mass is 9.79. The minimum Gasteiger partial charge on any atom is -0.0928 e. The van der Waals surface area contributed by atoms with E-state index in [2.05, 4.69) is 55.8 Å². The lowest BCUT2D eigenvalue weighted by Gasteiger charge is -2.27. The maximum atomic E-state index is 6.10. The molecule has 0 bridgehead atoms. The third-order valence-corrected chi connectivity index (χ3v) is 3.76. The molecule has 0 aromatic heterocycles. The number of halogens is 2. The monoisotopic (exact) mass is 288 g/mol. The Morgan fingerprint density at radius 2 is 1.80 bits per heavy atom. The molecule has 0 aliphatic rings. The zero-order valence-corrected chi connectivity index (χ0v) is 12.2. The quantitative estimate of drug-likeness (QED) is 0.685. The van der Waals surface area contributed by atoms with Crippen LogP contribution in [0, 0.1) is 13.8 Å². The molecule has 0 fully saturated rings. The molecular formula is C13H18BrCl. The van der Waals surface area contributed by atoms with Gasteiger partial charge in [0.15, 0.2) is 0 Å². The van der Waals surface area contributed by atoms with E-state index in [1.807, 2.05) is 0 Å². The number of hydrogen-bond donors (Lipinski definition) is 0. The summed E-state index contributed by atoms with van der Waals surface area (Å²) in [6.45, 7) is 8.76. The Kier molecular flexibility index (Phi) is 4.25. The Balaban J connectivity index is 3.19. The third-order valence-electron chi connectivity index (χ3n) is 2.95. The normalized spacial score (nSPS) is 11.9. The Hall–Kier alpha value is -0.0100. The molecule has 2 heteroatoms. The zero-order chi connectivity index (χ0) is 11.6. The topological polar surface area (TPSA) is 0 Å². The maximum absolute atomic E-state index is 6.10. The summed E-state index contributed by atoms with van der Waals surface area (Å²) in [5.41, 5.74) is 4.07. The average Bonchev–Trinajstić information content (AvgIpc) is 2.11. The highest BCUT2D eigenvalue weighted by molar-refractivity contribution is 9.09. The maximum Gasteiger partial charge on any atom is 0.0438 e. The first-order valence-corrected chi connectivity index (χ1v) is 6.71. The molecule has 0 atom stereocenters. The van der Waals surface area contributed by atoms with Gasteiger partial charge in [0.05, 0.1) is 0 Å². The van der Waals surface area contributed by atoms with Crippen LogP contribution < -0.4 is 0 Å². The summed E-state index contributed by atoms with van der Waals surface area (Å²) < 4.78 is 0. The van der Waals surface area contributed by atoms with E-state index in [1.54, 1.807) is 0 Å². The van der Waals surface area contributed by atoms with Crippen molar-refractivity contribution in [2.75, 3.05) is 5.33 Å². The van der Waals surface area contributed by atoms with Gasteiger partial charge in [-0.05, 0) is 48.4 Å². The van der Waals surface area contributed by atoms with Gasteiger partial charge >= 0.3 is 0 Å². The van der Waals surface area contributed by atoms with Gasteiger partial charge in [0.25, 0.3) is 0 Å². The van der Waals surface area contributed by atoms with E-state index in [0.717, 1.165) is 16.8 Å². The summed E-state index contributed by atoms with van der Waals surface area (Å²) in [4.78, 5) is 0. The van der Waals surface area contributed by atoms with E-state index in [4.69, 9.17) is 11.6 Å². The van der Waals surface area contributed by atoms with Crippen molar-refractivity contribution in [2.24, 2.45) is 0 Å². The molecule has 0 amide bonds. The van der Waals surface area contributed by atoms with Gasteiger partial charge in [-0.3, -0.25) is 0 Å². The van der Waals surface area contributed by atoms with Crippen LogP contribution in [0.3, 0.4) is 0 Å². The van der Waals surface area contributed by atoms with Crippen molar-refractivity contribution in [3.05, 3.63) is 33.8 Å². The molecule has 0 heterocycles. The minimum atomic E-state index is 0.211. The first-order valence-electron chi connectivity index (χ1n) is 5.21. The summed E-state index contributed by atoms with van der Waals surface area (Å²) in [6, 6.07) is 4.29. The van der Waals surface area contributed by atoms with Crippen molar-refractivity contribution >= 4 is 27.5 Å². The molecule has 0 radical (unpaired) electrons. The van der Waals surface area contributed by atoms with Gasteiger partial charge < -0.3 is 0 Å². The zero-order valence-electron chi connectivity index (χ0n) is 9.82. The number of aryl methyl sites for hydroxylation is 2. The molecule has 0 saturated heterocycles. The van der Waals surface area contributed by atoms with Crippen LogP contribution >= 0.6 is 27.5 Å². The highest BCUT2D eigenvalue weighted by Crippen LogP contribution is 2.33. The van der Waals surface area contributed by atoms with E-state index < -0.39 is 0 Å². The highest BCUT2D eigenvalue weighted by atomic mass is 79.9. The highest BCUT2D eigenvalue weighted by Gasteiger charge is 2.22. The van der Waals surface area contributed by atoms with Crippen LogP contribution in [0.2, 0.25) is 5.02 Å². The van der Waals surface area contributed by atoms with Crippen LogP contribution in [0.1, 0.15) is 37.0 Å². The van der Waals surface area contributed by atoms with Crippen LogP contribution in [0.25, 0.3) is 0 Å². The van der Waals surface area contributed by atoms with Crippen LogP contribution in [0.4, 0.5) is 0 Å². The van der Waals surface area contributed by atoms with Crippen molar-refractivity contribution in [3.8, 4) is 0 Å². The molecule has 0 N–H and O–H groups in total. The van der Waals surface area contributed by atoms with Crippen molar-refractivity contribution in [2.45, 2.75) is 39.5 Å². The fourth-order valence-electron chi connectivity index (χ4n) is 1.88. The molecule has 84 valence electrons. The Labute approximate surface area is 106 Å². The minimum absolute atomic E-state index is 0.211. The Morgan fingerprint density at radius 1 is 1.20 bits per heavy atom. The molecule has 1 aromatic carbocycles. The van der Waals surface area contributed by atoms with Gasteiger partial charge in [-0.2, -0.15) is 0 Å². The number of hydrogen-bond acceptors (Lipinski definition) is 0. The van der Waals surface area contributed by atoms with E-state index in [1.165, 1.54) is 16.7 Å². The molecule has 0 nitrogen and oxygen atoms in total. The molecule has 0 saturated carbocycles. The van der Waals surface area contributed by atoms with Crippen molar-refractivity contribution in [1.29, 1.82) is 0 Å². The van der Waals surface area contributed by atoms with Crippen molar-refractivity contribution < 1.29 is 0 Å². The molecule has 15 heavy (non-hydrogen) atoms. The lowest BCUT2D eigenvalue weighted by molar-refractivity contribution is 0.509. The number of alkyl halides is 1. The average molecular weight is 290 g/mol. The predicted octanol–water partition coefficient (Wildman–Crippen LogP) is 5.02. The van der Waals surface area contributed by atoms with Crippen LogP contribution in [0.15, 0.2) is 12.1 Å². The second kappa shape index (κ2) is 4.88. The Bertz CT molecular complexity index is 356. The van der Waals surface area contributed by atoms with E-state index in [-0.39, 0.29) is 5.41 Å². The predicted molar refractivity (Wildman–Crippen MR) is 72.4 cm³/mol. The van der Waals surface area contributed by atoms with Gasteiger partial charge in [-0.1, -0.05) is 47.4 Å². The van der Waals surface area contributed by atoms with Crippen LogP contribution in [-0.2, 0) is 5.41 Å². The molecule has 1 aromatic rings. The number of rotatable bonds is 3. The summed E-state index contributed by atoms with van der Waals surface area (Å²) in [5.74, 6) is 0. The molecule has 0 spiro atoms. The van der Waals surface area contributed by atoms with Gasteiger partial charge in [0, 0.05) is 10.4 Å². The van der Waals surface area contributed by atoms with Gasteiger partial charge in [0.1, 0.15) is 0 Å². The smallest absolute Gasteiger partial charge is 0.0438 e. The standard InChI is InChI=1S/C13H18BrCl/c1-9-8-12(15)10(2)7-11(9)13(3,4)5-6-14/h7-8H,5-6H2,1-4H3. The van der Waals surface area contributed by atoms with E-state index in [9.17, 15) is 0 Å². The summed E-state index contributed by atoms with van der Waals surface area (Å²) >= 11 is 9.62. The van der Waals surface area contributed by atoms with Crippen LogP contribution in [0.5, 0.6) is 0 Å². The summed E-state index contributed by atoms with van der Waals surface area (Å²) in [6.07, 6.45) is 1.13.